The van der Waals surface area contributed by atoms with Crippen LogP contribution in [-0.4, -0.2) is 29.1 Å². The number of piperidine rings is 1. The van der Waals surface area contributed by atoms with E-state index in [0.29, 0.717) is 5.91 Å². The second kappa shape index (κ2) is 7.37. The Hall–Kier alpha value is -0.670. The van der Waals surface area contributed by atoms with Gasteiger partial charge in [-0.05, 0) is 49.4 Å². The molecule has 1 heterocycles. The van der Waals surface area contributed by atoms with Crippen LogP contribution in [0.4, 0.5) is 0 Å². The molecular weight excluding hydrogens is 290 g/mol. The Labute approximate surface area is 130 Å². The van der Waals surface area contributed by atoms with Crippen molar-refractivity contribution in [2.24, 2.45) is 5.92 Å². The molecule has 20 heavy (non-hydrogen) atoms. The lowest BCUT2D eigenvalue weighted by Gasteiger charge is -2.32. The maximum atomic E-state index is 12.6. The highest BCUT2D eigenvalue weighted by atomic mass is 35.5. The molecule has 1 saturated heterocycles. The SMILES string of the molecule is CC[C@@H](Sc1ccc(Cl)cc1)C(=O)N1CCC(C)CC1. The van der Waals surface area contributed by atoms with Crippen LogP contribution in [-0.2, 0) is 4.79 Å². The van der Waals surface area contributed by atoms with Crippen molar-refractivity contribution in [1.82, 2.24) is 4.90 Å². The highest BCUT2D eigenvalue weighted by Gasteiger charge is 2.26. The van der Waals surface area contributed by atoms with Gasteiger partial charge in [-0.1, -0.05) is 25.4 Å². The Morgan fingerprint density at radius 2 is 1.95 bits per heavy atom. The molecule has 1 amide bonds. The molecule has 0 unspecified atom stereocenters. The van der Waals surface area contributed by atoms with Gasteiger partial charge in [0.05, 0.1) is 5.25 Å². The fraction of sp³-hybridized carbons (Fsp3) is 0.562. The Morgan fingerprint density at radius 3 is 2.50 bits per heavy atom. The van der Waals surface area contributed by atoms with Gasteiger partial charge in [-0.3, -0.25) is 4.79 Å². The molecular formula is C16H22ClNOS. The van der Waals surface area contributed by atoms with E-state index in [1.54, 1.807) is 11.8 Å². The molecule has 0 aliphatic carbocycles. The summed E-state index contributed by atoms with van der Waals surface area (Å²) in [5.74, 6) is 1.04. The molecule has 1 aromatic carbocycles. The summed E-state index contributed by atoms with van der Waals surface area (Å²) in [6, 6.07) is 7.73. The molecule has 1 atom stereocenters. The molecule has 0 bridgehead atoms. The predicted octanol–water partition coefficient (Wildman–Crippen LogP) is 4.47. The summed E-state index contributed by atoms with van der Waals surface area (Å²) in [7, 11) is 0. The van der Waals surface area contributed by atoms with Crippen LogP contribution in [0.5, 0.6) is 0 Å². The lowest BCUT2D eigenvalue weighted by molar-refractivity contribution is -0.131. The zero-order valence-electron chi connectivity index (χ0n) is 12.1. The number of carbonyl (C=O) groups excluding carboxylic acids is 1. The Morgan fingerprint density at radius 1 is 1.35 bits per heavy atom. The lowest BCUT2D eigenvalue weighted by atomic mass is 9.99. The predicted molar refractivity (Wildman–Crippen MR) is 86.4 cm³/mol. The third-order valence-electron chi connectivity index (χ3n) is 3.83. The zero-order valence-corrected chi connectivity index (χ0v) is 13.7. The topological polar surface area (TPSA) is 20.3 Å². The molecule has 0 spiro atoms. The van der Waals surface area contributed by atoms with E-state index in [1.165, 1.54) is 0 Å². The molecule has 4 heteroatoms. The average Bonchev–Trinajstić information content (AvgIpc) is 2.47. The van der Waals surface area contributed by atoms with Crippen LogP contribution in [0.2, 0.25) is 5.02 Å². The van der Waals surface area contributed by atoms with E-state index in [9.17, 15) is 4.79 Å². The first kappa shape index (κ1) is 15.7. The van der Waals surface area contributed by atoms with Gasteiger partial charge in [0, 0.05) is 23.0 Å². The summed E-state index contributed by atoms with van der Waals surface area (Å²) in [4.78, 5) is 15.7. The minimum Gasteiger partial charge on any atom is -0.342 e. The van der Waals surface area contributed by atoms with Crippen LogP contribution in [0.25, 0.3) is 0 Å². The first-order valence-corrected chi connectivity index (χ1v) is 8.57. The molecule has 2 rings (SSSR count). The van der Waals surface area contributed by atoms with Crippen molar-refractivity contribution in [3.05, 3.63) is 29.3 Å². The fourth-order valence-corrected chi connectivity index (χ4v) is 3.58. The number of thioether (sulfide) groups is 1. The van der Waals surface area contributed by atoms with Crippen molar-refractivity contribution in [2.75, 3.05) is 13.1 Å². The molecule has 0 aromatic heterocycles. The number of rotatable bonds is 4. The van der Waals surface area contributed by atoms with Gasteiger partial charge in [-0.25, -0.2) is 0 Å². The summed E-state index contributed by atoms with van der Waals surface area (Å²) in [6.07, 6.45) is 3.12. The van der Waals surface area contributed by atoms with Gasteiger partial charge in [-0.15, -0.1) is 11.8 Å². The van der Waals surface area contributed by atoms with Crippen molar-refractivity contribution >= 4 is 29.3 Å². The van der Waals surface area contributed by atoms with Crippen molar-refractivity contribution in [3.63, 3.8) is 0 Å². The van der Waals surface area contributed by atoms with Crippen LogP contribution in [0.15, 0.2) is 29.2 Å². The van der Waals surface area contributed by atoms with Crippen LogP contribution in [0.3, 0.4) is 0 Å². The van der Waals surface area contributed by atoms with E-state index < -0.39 is 0 Å². The zero-order chi connectivity index (χ0) is 14.5. The molecule has 1 fully saturated rings. The van der Waals surface area contributed by atoms with E-state index >= 15 is 0 Å². The van der Waals surface area contributed by atoms with Crippen molar-refractivity contribution < 1.29 is 4.79 Å². The molecule has 2 nitrogen and oxygen atoms in total. The van der Waals surface area contributed by atoms with Crippen LogP contribution >= 0.6 is 23.4 Å². The third-order valence-corrected chi connectivity index (χ3v) is 5.45. The van der Waals surface area contributed by atoms with Gasteiger partial charge in [0.2, 0.25) is 5.91 Å². The van der Waals surface area contributed by atoms with Gasteiger partial charge >= 0.3 is 0 Å². The highest BCUT2D eigenvalue weighted by Crippen LogP contribution is 2.29. The summed E-state index contributed by atoms with van der Waals surface area (Å²) in [5, 5.41) is 0.753. The largest absolute Gasteiger partial charge is 0.342 e. The smallest absolute Gasteiger partial charge is 0.236 e. The second-order valence-corrected chi connectivity index (χ2v) is 7.19. The standard InChI is InChI=1S/C16H22ClNOS/c1-3-15(20-14-6-4-13(17)5-7-14)16(19)18-10-8-12(2)9-11-18/h4-7,12,15H,3,8-11H2,1-2H3/t15-/m1/s1. The minimum absolute atomic E-state index is 0.0181. The van der Waals surface area contributed by atoms with E-state index in [4.69, 9.17) is 11.6 Å². The van der Waals surface area contributed by atoms with Crippen molar-refractivity contribution in [1.29, 1.82) is 0 Å². The molecule has 1 aliphatic rings. The van der Waals surface area contributed by atoms with E-state index in [0.717, 1.165) is 48.2 Å². The minimum atomic E-state index is 0.0181. The first-order valence-electron chi connectivity index (χ1n) is 7.31. The molecule has 1 aliphatic heterocycles. The number of benzene rings is 1. The van der Waals surface area contributed by atoms with Gasteiger partial charge < -0.3 is 4.90 Å². The van der Waals surface area contributed by atoms with Crippen LogP contribution in [0, 0.1) is 5.92 Å². The van der Waals surface area contributed by atoms with Crippen molar-refractivity contribution in [3.8, 4) is 0 Å². The molecule has 0 saturated carbocycles. The number of nitrogens with zero attached hydrogens (tertiary/aromatic N) is 1. The van der Waals surface area contributed by atoms with Gasteiger partial charge in [-0.2, -0.15) is 0 Å². The maximum absolute atomic E-state index is 12.6. The van der Waals surface area contributed by atoms with Crippen LogP contribution in [0.1, 0.15) is 33.1 Å². The Kier molecular flexibility index (Phi) is 5.79. The Balaban J connectivity index is 1.97. The molecule has 0 radical (unpaired) electrons. The second-order valence-electron chi connectivity index (χ2n) is 5.48. The average molecular weight is 312 g/mol. The molecule has 1 aromatic rings. The van der Waals surface area contributed by atoms with E-state index in [1.807, 2.05) is 29.2 Å². The summed E-state index contributed by atoms with van der Waals surface area (Å²) in [5.41, 5.74) is 0. The van der Waals surface area contributed by atoms with E-state index in [2.05, 4.69) is 13.8 Å². The van der Waals surface area contributed by atoms with E-state index in [-0.39, 0.29) is 5.25 Å². The summed E-state index contributed by atoms with van der Waals surface area (Å²) in [6.45, 7) is 6.18. The number of hydrogen-bond acceptors (Lipinski definition) is 2. The highest BCUT2D eigenvalue weighted by molar-refractivity contribution is 8.00. The number of carbonyl (C=O) groups is 1. The number of amides is 1. The number of likely N-dealkylation sites (tertiary alicyclic amines) is 1. The normalized spacial score (nSPS) is 18.1. The summed E-state index contributed by atoms with van der Waals surface area (Å²) < 4.78 is 0. The number of hydrogen-bond donors (Lipinski definition) is 0. The molecule has 110 valence electrons. The van der Waals surface area contributed by atoms with Crippen LogP contribution < -0.4 is 0 Å². The lowest BCUT2D eigenvalue weighted by Crippen LogP contribution is -2.42. The fourth-order valence-electron chi connectivity index (χ4n) is 2.42. The van der Waals surface area contributed by atoms with Gasteiger partial charge in [0.25, 0.3) is 0 Å². The monoisotopic (exact) mass is 311 g/mol. The molecule has 0 N–H and O–H groups in total. The van der Waals surface area contributed by atoms with Gasteiger partial charge in [0.1, 0.15) is 0 Å². The third kappa shape index (κ3) is 4.16. The number of halogens is 1. The van der Waals surface area contributed by atoms with Crippen molar-refractivity contribution in [2.45, 2.75) is 43.3 Å². The van der Waals surface area contributed by atoms with Gasteiger partial charge in [0.15, 0.2) is 0 Å². The maximum Gasteiger partial charge on any atom is 0.236 e. The summed E-state index contributed by atoms with van der Waals surface area (Å²) >= 11 is 7.55. The Bertz CT molecular complexity index is 440. The first-order chi connectivity index (χ1) is 9.60. The quantitative estimate of drug-likeness (QED) is 0.765.